The number of thiazole rings is 1. The van der Waals surface area contributed by atoms with Gasteiger partial charge in [-0.2, -0.15) is 4.31 Å². The number of nitrogens with zero attached hydrogens (tertiary/aromatic N) is 2. The minimum atomic E-state index is -3.67. The summed E-state index contributed by atoms with van der Waals surface area (Å²) in [5.41, 5.74) is 2.37. The van der Waals surface area contributed by atoms with Crippen molar-refractivity contribution in [2.24, 2.45) is 0 Å². The van der Waals surface area contributed by atoms with Crippen molar-refractivity contribution in [2.75, 3.05) is 25.5 Å². The molecule has 1 heterocycles. The molecule has 142 valence electrons. The average Bonchev–Trinajstić information content (AvgIpc) is 3.02. The number of hydrogen-bond acceptors (Lipinski definition) is 6. The average molecular weight is 406 g/mol. The van der Waals surface area contributed by atoms with E-state index in [0.717, 1.165) is 25.6 Å². The van der Waals surface area contributed by atoms with E-state index in [1.807, 2.05) is 24.3 Å². The highest BCUT2D eigenvalue weighted by molar-refractivity contribution is 7.89. The number of nitrogens with one attached hydrogen (secondary N) is 1. The van der Waals surface area contributed by atoms with Crippen molar-refractivity contribution in [3.63, 3.8) is 0 Å². The monoisotopic (exact) mass is 405 g/mol. The number of rotatable bonds is 6. The van der Waals surface area contributed by atoms with E-state index in [4.69, 9.17) is 5.11 Å². The van der Waals surface area contributed by atoms with E-state index in [2.05, 4.69) is 10.3 Å². The van der Waals surface area contributed by atoms with Crippen molar-refractivity contribution in [3.05, 3.63) is 42.5 Å². The summed E-state index contributed by atoms with van der Waals surface area (Å²) in [6.45, 7) is 1.22. The Kier molecular flexibility index (Phi) is 5.56. The van der Waals surface area contributed by atoms with Gasteiger partial charge in [0.05, 0.1) is 21.7 Å². The van der Waals surface area contributed by atoms with E-state index < -0.39 is 10.0 Å². The van der Waals surface area contributed by atoms with Crippen LogP contribution in [0, 0.1) is 0 Å². The molecule has 0 saturated carbocycles. The molecule has 0 unspecified atom stereocenters. The van der Waals surface area contributed by atoms with Crippen molar-refractivity contribution < 1.29 is 18.3 Å². The molecule has 0 fully saturated rings. The minimum absolute atomic E-state index is 0.0330. The molecule has 0 radical (unpaired) electrons. The predicted octanol–water partition coefficient (Wildman–Crippen LogP) is 2.53. The highest BCUT2D eigenvalue weighted by Gasteiger charge is 2.20. The largest absolute Gasteiger partial charge is 0.395 e. The maximum absolute atomic E-state index is 12.6. The van der Waals surface area contributed by atoms with Gasteiger partial charge in [0.1, 0.15) is 0 Å². The lowest BCUT2D eigenvalue weighted by Gasteiger charge is -2.16. The Hall–Kier alpha value is -2.33. The first kappa shape index (κ1) is 19.4. The zero-order valence-corrected chi connectivity index (χ0v) is 16.5. The summed E-state index contributed by atoms with van der Waals surface area (Å²) in [5, 5.41) is 12.2. The summed E-state index contributed by atoms with van der Waals surface area (Å²) in [6.07, 6.45) is 0. The van der Waals surface area contributed by atoms with Crippen LogP contribution in [0.1, 0.15) is 6.92 Å². The third-order valence-corrected chi connectivity index (χ3v) is 6.75. The lowest BCUT2D eigenvalue weighted by molar-refractivity contribution is -0.114. The van der Waals surface area contributed by atoms with E-state index in [1.165, 1.54) is 31.4 Å². The standard InChI is InChI=1S/C18H19N3O4S2/c1-12(23)19-18-20-16-7-6-14(11-17(16)26-18)13-4-3-5-15(10-13)27(24,25)21(2)8-9-22/h3-7,10-11,22H,8-9H2,1-2H3,(H,19,20,23). The summed E-state index contributed by atoms with van der Waals surface area (Å²) in [7, 11) is -2.23. The van der Waals surface area contributed by atoms with Crippen LogP contribution >= 0.6 is 11.3 Å². The third kappa shape index (κ3) is 4.16. The third-order valence-electron chi connectivity index (χ3n) is 3.96. The Morgan fingerprint density at radius 3 is 2.67 bits per heavy atom. The fourth-order valence-corrected chi connectivity index (χ4v) is 4.74. The van der Waals surface area contributed by atoms with E-state index in [1.54, 1.807) is 12.1 Å². The Balaban J connectivity index is 1.98. The quantitative estimate of drug-likeness (QED) is 0.656. The summed E-state index contributed by atoms with van der Waals surface area (Å²) in [6, 6.07) is 12.3. The van der Waals surface area contributed by atoms with Crippen LogP contribution in [0.4, 0.5) is 5.13 Å². The van der Waals surface area contributed by atoms with Gasteiger partial charge in [-0.1, -0.05) is 29.5 Å². The molecule has 0 aliphatic carbocycles. The maximum Gasteiger partial charge on any atom is 0.242 e. The highest BCUT2D eigenvalue weighted by atomic mass is 32.2. The molecule has 3 aromatic rings. The molecule has 1 aromatic heterocycles. The molecular weight excluding hydrogens is 386 g/mol. The predicted molar refractivity (Wildman–Crippen MR) is 106 cm³/mol. The summed E-state index contributed by atoms with van der Waals surface area (Å²) in [5.74, 6) is -0.181. The van der Waals surface area contributed by atoms with E-state index >= 15 is 0 Å². The van der Waals surface area contributed by atoms with Gasteiger partial charge in [0.2, 0.25) is 15.9 Å². The second-order valence-electron chi connectivity index (χ2n) is 5.96. The molecule has 2 aromatic carbocycles. The first-order valence-corrected chi connectivity index (χ1v) is 10.4. The first-order chi connectivity index (χ1) is 12.8. The number of aliphatic hydroxyl groups excluding tert-OH is 1. The number of aromatic nitrogens is 1. The van der Waals surface area contributed by atoms with Crippen molar-refractivity contribution in [1.82, 2.24) is 9.29 Å². The molecule has 0 saturated heterocycles. The number of hydrogen-bond donors (Lipinski definition) is 2. The molecule has 7 nitrogen and oxygen atoms in total. The van der Waals surface area contributed by atoms with Crippen molar-refractivity contribution >= 4 is 42.6 Å². The summed E-state index contributed by atoms with van der Waals surface area (Å²) in [4.78, 5) is 15.7. The van der Waals surface area contributed by atoms with Gasteiger partial charge in [-0.25, -0.2) is 13.4 Å². The van der Waals surface area contributed by atoms with Crippen molar-refractivity contribution in [1.29, 1.82) is 0 Å². The minimum Gasteiger partial charge on any atom is -0.395 e. The molecule has 0 aliphatic rings. The lowest BCUT2D eigenvalue weighted by atomic mass is 10.1. The number of benzene rings is 2. The normalized spacial score (nSPS) is 11.9. The number of carbonyl (C=O) groups excluding carboxylic acids is 1. The Bertz CT molecular complexity index is 1090. The number of fused-ring (bicyclic) bond motifs is 1. The topological polar surface area (TPSA) is 99.6 Å². The lowest BCUT2D eigenvalue weighted by Crippen LogP contribution is -2.29. The van der Waals surface area contributed by atoms with Crippen molar-refractivity contribution in [2.45, 2.75) is 11.8 Å². The van der Waals surface area contributed by atoms with Crippen molar-refractivity contribution in [3.8, 4) is 11.1 Å². The first-order valence-electron chi connectivity index (χ1n) is 8.17. The summed E-state index contributed by atoms with van der Waals surface area (Å²) < 4.78 is 27.2. The van der Waals surface area contributed by atoms with Crippen LogP contribution in [-0.4, -0.2) is 48.9 Å². The number of amides is 1. The van der Waals surface area contributed by atoms with Gasteiger partial charge in [-0.15, -0.1) is 0 Å². The number of sulfonamides is 1. The molecule has 3 rings (SSSR count). The van der Waals surface area contributed by atoms with Crippen LogP contribution in [0.2, 0.25) is 0 Å². The maximum atomic E-state index is 12.6. The van der Waals surface area contributed by atoms with Crippen LogP contribution in [0.15, 0.2) is 47.4 Å². The number of likely N-dealkylation sites (N-methyl/N-ethyl adjacent to an activating group) is 1. The smallest absolute Gasteiger partial charge is 0.242 e. The second kappa shape index (κ2) is 7.73. The van der Waals surface area contributed by atoms with Gasteiger partial charge < -0.3 is 10.4 Å². The molecule has 0 aliphatic heterocycles. The number of carbonyl (C=O) groups is 1. The Morgan fingerprint density at radius 2 is 1.96 bits per heavy atom. The van der Waals surface area contributed by atoms with E-state index in [9.17, 15) is 13.2 Å². The van der Waals surface area contributed by atoms with E-state index in [-0.39, 0.29) is 24.0 Å². The highest BCUT2D eigenvalue weighted by Crippen LogP contribution is 2.31. The van der Waals surface area contributed by atoms with Gasteiger partial charge in [-0.3, -0.25) is 4.79 Å². The molecule has 27 heavy (non-hydrogen) atoms. The SMILES string of the molecule is CC(=O)Nc1nc2ccc(-c3cccc(S(=O)(=O)N(C)CCO)c3)cc2s1. The zero-order chi connectivity index (χ0) is 19.6. The molecule has 1 amide bonds. The van der Waals surface area contributed by atoms with E-state index in [0.29, 0.717) is 5.13 Å². The van der Waals surface area contributed by atoms with Crippen LogP contribution in [-0.2, 0) is 14.8 Å². The van der Waals surface area contributed by atoms with Crippen LogP contribution in [0.25, 0.3) is 21.3 Å². The Labute approximate surface area is 161 Å². The molecule has 0 atom stereocenters. The van der Waals surface area contributed by atoms with Crippen LogP contribution in [0.5, 0.6) is 0 Å². The van der Waals surface area contributed by atoms with Gasteiger partial charge in [-0.05, 0) is 35.4 Å². The zero-order valence-electron chi connectivity index (χ0n) is 14.8. The fourth-order valence-electron chi connectivity index (χ4n) is 2.59. The van der Waals surface area contributed by atoms with Gasteiger partial charge in [0.25, 0.3) is 0 Å². The second-order valence-corrected chi connectivity index (χ2v) is 9.04. The molecule has 0 bridgehead atoms. The van der Waals surface area contributed by atoms with Crippen LogP contribution in [0.3, 0.4) is 0 Å². The number of anilines is 1. The fraction of sp³-hybridized carbons (Fsp3) is 0.222. The van der Waals surface area contributed by atoms with Gasteiger partial charge in [0, 0.05) is 20.5 Å². The molecule has 9 heteroatoms. The van der Waals surface area contributed by atoms with Gasteiger partial charge in [0.15, 0.2) is 5.13 Å². The number of aliphatic hydroxyl groups is 1. The molecule has 0 spiro atoms. The summed E-state index contributed by atoms with van der Waals surface area (Å²) >= 11 is 1.36. The Morgan fingerprint density at radius 1 is 1.22 bits per heavy atom. The molecule has 2 N–H and O–H groups in total. The van der Waals surface area contributed by atoms with Crippen LogP contribution < -0.4 is 5.32 Å². The van der Waals surface area contributed by atoms with Gasteiger partial charge >= 0.3 is 0 Å². The molecular formula is C18H19N3O4S2.